The van der Waals surface area contributed by atoms with Crippen molar-refractivity contribution in [3.63, 3.8) is 0 Å². The van der Waals surface area contributed by atoms with Crippen molar-refractivity contribution in [2.75, 3.05) is 20.6 Å². The van der Waals surface area contributed by atoms with E-state index in [0.29, 0.717) is 19.4 Å². The number of rotatable bonds is 5. The van der Waals surface area contributed by atoms with Crippen LogP contribution in [0.4, 0.5) is 0 Å². The van der Waals surface area contributed by atoms with Gasteiger partial charge in [-0.05, 0) is 19.8 Å². The predicted octanol–water partition coefficient (Wildman–Crippen LogP) is -0.102. The monoisotopic (exact) mass is 293 g/mol. The summed E-state index contributed by atoms with van der Waals surface area (Å²) in [4.78, 5) is 24.6. The molecule has 2 amide bonds. The molecule has 0 aromatic rings. The topological polar surface area (TPSA) is 84.7 Å². The Morgan fingerprint density at radius 2 is 2.05 bits per heavy atom. The molecule has 1 saturated heterocycles. The summed E-state index contributed by atoms with van der Waals surface area (Å²) < 4.78 is 5.60. The molecule has 0 saturated carbocycles. The minimum atomic E-state index is -0.365. The van der Waals surface area contributed by atoms with Gasteiger partial charge in [0.2, 0.25) is 5.91 Å². The molecule has 0 bridgehead atoms. The fourth-order valence-electron chi connectivity index (χ4n) is 1.92. The number of carbonyl (C=O) groups excluding carboxylic acids is 2. The summed E-state index contributed by atoms with van der Waals surface area (Å²) in [7, 11) is 3.42. The lowest BCUT2D eigenvalue weighted by Crippen LogP contribution is -2.37. The van der Waals surface area contributed by atoms with Crippen LogP contribution in [0, 0.1) is 0 Å². The Kier molecular flexibility index (Phi) is 7.97. The lowest BCUT2D eigenvalue weighted by atomic mass is 10.2. The molecule has 0 radical (unpaired) electrons. The van der Waals surface area contributed by atoms with Crippen molar-refractivity contribution in [3.8, 4) is 0 Å². The van der Waals surface area contributed by atoms with Crippen LogP contribution in [0.2, 0.25) is 0 Å². The highest BCUT2D eigenvalue weighted by Crippen LogP contribution is 2.20. The van der Waals surface area contributed by atoms with Gasteiger partial charge in [0.1, 0.15) is 6.10 Å². The molecule has 112 valence electrons. The van der Waals surface area contributed by atoms with Crippen LogP contribution in [0.25, 0.3) is 0 Å². The molecule has 3 atom stereocenters. The molecule has 1 fully saturated rings. The van der Waals surface area contributed by atoms with Crippen LogP contribution in [0.1, 0.15) is 26.2 Å². The van der Waals surface area contributed by atoms with E-state index >= 15 is 0 Å². The average molecular weight is 294 g/mol. The molecule has 3 N–H and O–H groups in total. The Balaban J connectivity index is 0.00000324. The first-order chi connectivity index (χ1) is 8.40. The zero-order chi connectivity index (χ0) is 13.7. The number of nitrogens with two attached hydrogens (primary N) is 1. The first kappa shape index (κ1) is 18.1. The molecule has 1 aliphatic rings. The van der Waals surface area contributed by atoms with Gasteiger partial charge in [-0.1, -0.05) is 0 Å². The van der Waals surface area contributed by atoms with Crippen LogP contribution >= 0.6 is 12.4 Å². The highest BCUT2D eigenvalue weighted by atomic mass is 35.5. The number of ether oxygens (including phenoxy) is 1. The van der Waals surface area contributed by atoms with Gasteiger partial charge in [-0.25, -0.2) is 0 Å². The highest BCUT2D eigenvalue weighted by molar-refractivity contribution is 5.85. The Bertz CT molecular complexity index is 311. The third-order valence-corrected chi connectivity index (χ3v) is 2.86. The quantitative estimate of drug-likeness (QED) is 0.741. The van der Waals surface area contributed by atoms with Crippen LogP contribution in [0.15, 0.2) is 0 Å². The van der Waals surface area contributed by atoms with Crippen LogP contribution < -0.4 is 11.1 Å². The summed E-state index contributed by atoms with van der Waals surface area (Å²) in [6.45, 7) is 2.24. The first-order valence-corrected chi connectivity index (χ1v) is 6.29. The molecule has 0 aliphatic carbocycles. The molecule has 19 heavy (non-hydrogen) atoms. The lowest BCUT2D eigenvalue weighted by molar-refractivity contribution is -0.140. The second-order valence-electron chi connectivity index (χ2n) is 5.04. The second kappa shape index (κ2) is 8.35. The fourth-order valence-corrected chi connectivity index (χ4v) is 1.92. The minimum absolute atomic E-state index is 0. The average Bonchev–Trinajstić information content (AvgIpc) is 2.72. The van der Waals surface area contributed by atoms with Crippen molar-refractivity contribution < 1.29 is 14.3 Å². The van der Waals surface area contributed by atoms with E-state index in [1.165, 1.54) is 4.90 Å². The normalized spacial score (nSPS) is 23.4. The molecule has 0 aromatic heterocycles. The first-order valence-electron chi connectivity index (χ1n) is 6.29. The number of likely N-dealkylation sites (N-methyl/N-ethyl adjacent to an activating group) is 1. The van der Waals surface area contributed by atoms with Gasteiger partial charge in [-0.2, -0.15) is 0 Å². The number of hydrogen-bond acceptors (Lipinski definition) is 4. The van der Waals surface area contributed by atoms with E-state index in [0.717, 1.165) is 6.42 Å². The van der Waals surface area contributed by atoms with E-state index in [9.17, 15) is 9.59 Å². The van der Waals surface area contributed by atoms with E-state index in [-0.39, 0.29) is 42.5 Å². The maximum Gasteiger partial charge on any atom is 0.251 e. The third-order valence-electron chi connectivity index (χ3n) is 2.86. The van der Waals surface area contributed by atoms with Crippen LogP contribution in [0.3, 0.4) is 0 Å². The van der Waals surface area contributed by atoms with E-state index in [4.69, 9.17) is 10.5 Å². The molecule has 0 aromatic carbocycles. The van der Waals surface area contributed by atoms with Gasteiger partial charge < -0.3 is 20.7 Å². The van der Waals surface area contributed by atoms with Gasteiger partial charge in [0, 0.05) is 33.1 Å². The van der Waals surface area contributed by atoms with Gasteiger partial charge in [0.05, 0.1) is 6.10 Å². The maximum atomic E-state index is 11.7. The summed E-state index contributed by atoms with van der Waals surface area (Å²) in [6.07, 6.45) is 1.38. The molecule has 7 heteroatoms. The molecular formula is C12H24ClN3O3. The van der Waals surface area contributed by atoms with Crippen LogP contribution in [0.5, 0.6) is 0 Å². The number of amides is 2. The molecular weight excluding hydrogens is 270 g/mol. The SMILES string of the molecule is CC(N)CC(=O)NCC1CCC(C(=O)N(C)C)O1.Cl. The molecule has 0 spiro atoms. The summed E-state index contributed by atoms with van der Waals surface area (Å²) in [5.74, 6) is -0.0876. The maximum absolute atomic E-state index is 11.7. The van der Waals surface area contributed by atoms with Gasteiger partial charge in [0.15, 0.2) is 0 Å². The summed E-state index contributed by atoms with van der Waals surface area (Å²) in [6, 6.07) is -0.141. The Labute approximate surface area is 120 Å². The van der Waals surface area contributed by atoms with Crippen molar-refractivity contribution in [2.24, 2.45) is 5.73 Å². The number of nitrogens with one attached hydrogen (secondary N) is 1. The molecule has 1 rings (SSSR count). The van der Waals surface area contributed by atoms with Crippen molar-refractivity contribution in [1.29, 1.82) is 0 Å². The molecule has 1 aliphatic heterocycles. The minimum Gasteiger partial charge on any atom is -0.363 e. The fraction of sp³-hybridized carbons (Fsp3) is 0.833. The summed E-state index contributed by atoms with van der Waals surface area (Å²) in [5, 5.41) is 2.78. The van der Waals surface area contributed by atoms with E-state index in [2.05, 4.69) is 5.32 Å². The number of nitrogens with zero attached hydrogens (tertiary/aromatic N) is 1. The van der Waals surface area contributed by atoms with E-state index < -0.39 is 0 Å². The highest BCUT2D eigenvalue weighted by Gasteiger charge is 2.31. The van der Waals surface area contributed by atoms with E-state index in [1.54, 1.807) is 21.0 Å². The Morgan fingerprint density at radius 1 is 1.42 bits per heavy atom. The largest absolute Gasteiger partial charge is 0.363 e. The predicted molar refractivity (Wildman–Crippen MR) is 75.1 cm³/mol. The number of halogens is 1. The van der Waals surface area contributed by atoms with Gasteiger partial charge in [-0.15, -0.1) is 12.4 Å². The van der Waals surface area contributed by atoms with Crippen molar-refractivity contribution in [3.05, 3.63) is 0 Å². The smallest absolute Gasteiger partial charge is 0.251 e. The summed E-state index contributed by atoms with van der Waals surface area (Å²) in [5.41, 5.74) is 5.53. The standard InChI is InChI=1S/C12H23N3O3.ClH/c1-8(13)6-11(16)14-7-9-4-5-10(18-9)12(17)15(2)3;/h8-10H,4-7,13H2,1-3H3,(H,14,16);1H. The van der Waals surface area contributed by atoms with Crippen LogP contribution in [-0.4, -0.2) is 55.6 Å². The van der Waals surface area contributed by atoms with Crippen molar-refractivity contribution in [1.82, 2.24) is 10.2 Å². The number of hydrogen-bond donors (Lipinski definition) is 2. The molecule has 3 unspecified atom stereocenters. The third kappa shape index (κ3) is 6.22. The number of carbonyl (C=O) groups is 2. The second-order valence-corrected chi connectivity index (χ2v) is 5.04. The van der Waals surface area contributed by atoms with E-state index in [1.807, 2.05) is 0 Å². The summed E-state index contributed by atoms with van der Waals surface area (Å²) >= 11 is 0. The van der Waals surface area contributed by atoms with Gasteiger partial charge in [-0.3, -0.25) is 9.59 Å². The molecule has 1 heterocycles. The van der Waals surface area contributed by atoms with Gasteiger partial charge in [0.25, 0.3) is 5.91 Å². The van der Waals surface area contributed by atoms with Crippen molar-refractivity contribution >= 4 is 24.2 Å². The Hall–Kier alpha value is -0.850. The lowest BCUT2D eigenvalue weighted by Gasteiger charge is -2.17. The van der Waals surface area contributed by atoms with Crippen molar-refractivity contribution in [2.45, 2.75) is 44.4 Å². The van der Waals surface area contributed by atoms with Gasteiger partial charge >= 0.3 is 0 Å². The zero-order valence-electron chi connectivity index (χ0n) is 11.7. The zero-order valence-corrected chi connectivity index (χ0v) is 12.5. The molecule has 6 nitrogen and oxygen atoms in total. The Morgan fingerprint density at radius 3 is 2.58 bits per heavy atom. The van der Waals surface area contributed by atoms with Crippen LogP contribution in [-0.2, 0) is 14.3 Å².